The summed E-state index contributed by atoms with van der Waals surface area (Å²) in [6, 6.07) is 21.4. The molecular weight excluding hydrogens is 464 g/mol. The molecule has 0 spiro atoms. The van der Waals surface area contributed by atoms with Crippen LogP contribution in [0.5, 0.6) is 0 Å². The fourth-order valence-corrected chi connectivity index (χ4v) is 4.58. The first kappa shape index (κ1) is 24.4. The Balaban J connectivity index is 1.26. The second-order valence-corrected chi connectivity index (χ2v) is 9.04. The van der Waals surface area contributed by atoms with Crippen LogP contribution in [0.4, 0.5) is 5.69 Å². The Morgan fingerprint density at radius 3 is 2.41 bits per heavy atom. The maximum Gasteiger partial charge on any atom is 0.257 e. The molecule has 4 aromatic rings. The molecule has 0 aliphatic carbocycles. The molecule has 8 nitrogen and oxygen atoms in total. The molecule has 5 rings (SSSR count). The first-order valence-electron chi connectivity index (χ1n) is 12.6. The smallest absolute Gasteiger partial charge is 0.257 e. The van der Waals surface area contributed by atoms with Crippen molar-refractivity contribution in [2.75, 3.05) is 38.0 Å². The average molecular weight is 495 g/mol. The summed E-state index contributed by atoms with van der Waals surface area (Å²) in [5.41, 5.74) is 4.81. The highest BCUT2D eigenvalue weighted by Gasteiger charge is 2.27. The van der Waals surface area contributed by atoms with Crippen molar-refractivity contribution < 1.29 is 9.59 Å². The van der Waals surface area contributed by atoms with Gasteiger partial charge in [-0.1, -0.05) is 43.3 Å². The van der Waals surface area contributed by atoms with E-state index in [4.69, 9.17) is 5.10 Å². The molecule has 0 unspecified atom stereocenters. The van der Waals surface area contributed by atoms with Crippen LogP contribution in [-0.4, -0.2) is 69.1 Å². The second kappa shape index (κ2) is 11.2. The van der Waals surface area contributed by atoms with Crippen LogP contribution in [0.3, 0.4) is 0 Å². The van der Waals surface area contributed by atoms with Crippen LogP contribution in [0.15, 0.2) is 85.3 Å². The number of aryl methyl sites for hydroxylation is 1. The quantitative estimate of drug-likeness (QED) is 0.421. The molecule has 0 saturated carbocycles. The Kier molecular flexibility index (Phi) is 7.37. The van der Waals surface area contributed by atoms with Crippen molar-refractivity contribution in [2.24, 2.45) is 0 Å². The topological polar surface area (TPSA) is 83.4 Å². The van der Waals surface area contributed by atoms with Gasteiger partial charge in [0.2, 0.25) is 5.91 Å². The number of carbonyl (C=O) groups is 2. The van der Waals surface area contributed by atoms with Crippen molar-refractivity contribution in [3.63, 3.8) is 0 Å². The zero-order chi connectivity index (χ0) is 25.6. The van der Waals surface area contributed by atoms with Gasteiger partial charge in [-0.25, -0.2) is 4.68 Å². The highest BCUT2D eigenvalue weighted by atomic mass is 16.2. The molecule has 0 atom stereocenters. The molecule has 1 N–H and O–H groups in total. The van der Waals surface area contributed by atoms with Gasteiger partial charge < -0.3 is 10.2 Å². The third kappa shape index (κ3) is 5.59. The molecule has 8 heteroatoms. The number of rotatable bonds is 7. The molecule has 3 heterocycles. The summed E-state index contributed by atoms with van der Waals surface area (Å²) in [5.74, 6) is -0.106. The molecule has 0 bridgehead atoms. The summed E-state index contributed by atoms with van der Waals surface area (Å²) in [5, 5.41) is 7.78. The van der Waals surface area contributed by atoms with E-state index in [0.717, 1.165) is 28.9 Å². The molecule has 2 amide bonds. The Morgan fingerprint density at radius 1 is 0.919 bits per heavy atom. The number of carbonyl (C=O) groups excluding carboxylic acids is 2. The zero-order valence-electron chi connectivity index (χ0n) is 20.9. The number of hydrogen-bond donors (Lipinski definition) is 1. The SMILES string of the molecule is CCc1ccccc1NC(=O)CN1CCN(C(=O)c2cn(-c3ccccc3)nc2-c2cccnc2)CC1. The fraction of sp³-hybridized carbons (Fsp3) is 0.241. The highest BCUT2D eigenvalue weighted by Crippen LogP contribution is 2.25. The van der Waals surface area contributed by atoms with Crippen LogP contribution in [0.2, 0.25) is 0 Å². The molecule has 37 heavy (non-hydrogen) atoms. The van der Waals surface area contributed by atoms with Crippen LogP contribution >= 0.6 is 0 Å². The predicted octanol–water partition coefficient (Wildman–Crippen LogP) is 3.89. The van der Waals surface area contributed by atoms with Crippen molar-refractivity contribution >= 4 is 17.5 Å². The number of amides is 2. The van der Waals surface area contributed by atoms with Crippen LogP contribution in [0.25, 0.3) is 16.9 Å². The fourth-order valence-electron chi connectivity index (χ4n) is 4.58. The van der Waals surface area contributed by atoms with E-state index in [-0.39, 0.29) is 11.8 Å². The lowest BCUT2D eigenvalue weighted by Crippen LogP contribution is -2.50. The first-order chi connectivity index (χ1) is 18.1. The summed E-state index contributed by atoms with van der Waals surface area (Å²) in [6.45, 7) is 4.71. The third-order valence-electron chi connectivity index (χ3n) is 6.60. The number of aromatic nitrogens is 3. The first-order valence-corrected chi connectivity index (χ1v) is 12.6. The Morgan fingerprint density at radius 2 is 1.68 bits per heavy atom. The lowest BCUT2D eigenvalue weighted by Gasteiger charge is -2.34. The molecule has 1 aliphatic heterocycles. The van der Waals surface area contributed by atoms with Gasteiger partial charge in [0.25, 0.3) is 5.91 Å². The van der Waals surface area contributed by atoms with Crippen LogP contribution in [-0.2, 0) is 11.2 Å². The van der Waals surface area contributed by atoms with Crippen molar-refractivity contribution in [1.29, 1.82) is 0 Å². The van der Waals surface area contributed by atoms with E-state index in [0.29, 0.717) is 44.0 Å². The number of anilines is 1. The van der Waals surface area contributed by atoms with Gasteiger partial charge in [-0.05, 0) is 42.3 Å². The third-order valence-corrected chi connectivity index (χ3v) is 6.60. The van der Waals surface area contributed by atoms with Crippen LogP contribution in [0, 0.1) is 0 Å². The minimum Gasteiger partial charge on any atom is -0.336 e. The number of nitrogens with one attached hydrogen (secondary N) is 1. The monoisotopic (exact) mass is 494 g/mol. The molecule has 1 fully saturated rings. The van der Waals surface area contributed by atoms with E-state index in [1.165, 1.54) is 0 Å². The van der Waals surface area contributed by atoms with Gasteiger partial charge in [0.1, 0.15) is 5.69 Å². The number of nitrogens with zero attached hydrogens (tertiary/aromatic N) is 5. The van der Waals surface area contributed by atoms with E-state index in [9.17, 15) is 9.59 Å². The lowest BCUT2D eigenvalue weighted by atomic mass is 10.1. The number of benzene rings is 2. The number of para-hydroxylation sites is 2. The van der Waals surface area contributed by atoms with Crippen molar-refractivity contribution in [3.8, 4) is 16.9 Å². The van der Waals surface area contributed by atoms with Gasteiger partial charge in [0, 0.05) is 56.0 Å². The molecule has 2 aromatic heterocycles. The van der Waals surface area contributed by atoms with Crippen molar-refractivity contribution in [2.45, 2.75) is 13.3 Å². The number of pyridine rings is 1. The summed E-state index contributed by atoms with van der Waals surface area (Å²) >= 11 is 0. The van der Waals surface area contributed by atoms with Gasteiger partial charge in [0.15, 0.2) is 0 Å². The minimum atomic E-state index is -0.0676. The van der Waals surface area contributed by atoms with E-state index in [1.807, 2.05) is 71.6 Å². The van der Waals surface area contributed by atoms with Gasteiger partial charge in [-0.15, -0.1) is 0 Å². The van der Waals surface area contributed by atoms with E-state index < -0.39 is 0 Å². The Bertz CT molecular complexity index is 1360. The normalized spacial score (nSPS) is 13.9. The lowest BCUT2D eigenvalue weighted by molar-refractivity contribution is -0.117. The summed E-state index contributed by atoms with van der Waals surface area (Å²) in [7, 11) is 0. The van der Waals surface area contributed by atoms with Gasteiger partial charge in [-0.2, -0.15) is 5.10 Å². The molecule has 0 radical (unpaired) electrons. The molecule has 188 valence electrons. The molecule has 2 aromatic carbocycles. The largest absolute Gasteiger partial charge is 0.336 e. The van der Waals surface area contributed by atoms with Crippen molar-refractivity contribution in [1.82, 2.24) is 24.6 Å². The second-order valence-electron chi connectivity index (χ2n) is 9.04. The number of hydrogen-bond acceptors (Lipinski definition) is 5. The Hall–Kier alpha value is -4.30. The maximum absolute atomic E-state index is 13.6. The standard InChI is InChI=1S/C29H30N6O2/c1-2-22-9-6-7-13-26(22)31-27(36)21-33-15-17-34(18-16-33)29(37)25-20-35(24-11-4-3-5-12-24)32-28(25)23-10-8-14-30-19-23/h3-14,19-20H,2,15-18,21H2,1H3,(H,31,36). The molecular formula is C29H30N6O2. The summed E-state index contributed by atoms with van der Waals surface area (Å²) < 4.78 is 1.74. The maximum atomic E-state index is 13.6. The summed E-state index contributed by atoms with van der Waals surface area (Å²) in [4.78, 5) is 34.5. The average Bonchev–Trinajstić information content (AvgIpc) is 3.40. The van der Waals surface area contributed by atoms with Gasteiger partial charge >= 0.3 is 0 Å². The molecule has 1 aliphatic rings. The van der Waals surface area contributed by atoms with E-state index in [1.54, 1.807) is 23.3 Å². The van der Waals surface area contributed by atoms with Gasteiger partial charge in [-0.3, -0.25) is 19.5 Å². The van der Waals surface area contributed by atoms with Crippen LogP contribution < -0.4 is 5.32 Å². The zero-order valence-corrected chi connectivity index (χ0v) is 20.9. The van der Waals surface area contributed by atoms with Crippen molar-refractivity contribution in [3.05, 3.63) is 96.4 Å². The predicted molar refractivity (Wildman–Crippen MR) is 144 cm³/mol. The van der Waals surface area contributed by atoms with Gasteiger partial charge in [0.05, 0.1) is 17.8 Å². The highest BCUT2D eigenvalue weighted by molar-refractivity contribution is 6.00. The summed E-state index contributed by atoms with van der Waals surface area (Å²) in [6.07, 6.45) is 6.08. The van der Waals surface area contributed by atoms with E-state index in [2.05, 4.69) is 22.1 Å². The minimum absolute atomic E-state index is 0.0383. The Labute approximate surface area is 216 Å². The number of piperazine rings is 1. The van der Waals surface area contributed by atoms with Crippen LogP contribution in [0.1, 0.15) is 22.8 Å². The van der Waals surface area contributed by atoms with E-state index >= 15 is 0 Å². The molecule has 1 saturated heterocycles.